The summed E-state index contributed by atoms with van der Waals surface area (Å²) in [6, 6.07) is 10.4. The van der Waals surface area contributed by atoms with Gasteiger partial charge in [-0.15, -0.1) is 0 Å². The van der Waals surface area contributed by atoms with Gasteiger partial charge in [-0.25, -0.2) is 9.97 Å². The minimum absolute atomic E-state index is 0.166. The molecule has 3 N–H and O–H groups in total. The van der Waals surface area contributed by atoms with Crippen LogP contribution >= 0.6 is 11.8 Å². The number of nitrogens with two attached hydrogens (primary N) is 1. The molecule has 0 saturated carbocycles. The van der Waals surface area contributed by atoms with Crippen LogP contribution in [0.4, 0.5) is 11.5 Å². The highest BCUT2D eigenvalue weighted by atomic mass is 32.2. The first-order chi connectivity index (χ1) is 10.1. The molecular weight excluding hydrogens is 286 g/mol. The van der Waals surface area contributed by atoms with Gasteiger partial charge in [0, 0.05) is 17.4 Å². The number of nitrogen functional groups attached to an aromatic ring is 1. The van der Waals surface area contributed by atoms with Crippen LogP contribution in [0.3, 0.4) is 0 Å². The average Bonchev–Trinajstić information content (AvgIpc) is 2.44. The molecule has 0 unspecified atom stereocenters. The number of thioether (sulfide) groups is 1. The number of hydrogen-bond acceptors (Lipinski definition) is 6. The van der Waals surface area contributed by atoms with E-state index in [9.17, 15) is 4.79 Å². The molecule has 0 spiro atoms. The van der Waals surface area contributed by atoms with Gasteiger partial charge in [0.1, 0.15) is 5.82 Å². The molecule has 1 aromatic heterocycles. The summed E-state index contributed by atoms with van der Waals surface area (Å²) in [4.78, 5) is 20.1. The third-order valence-corrected chi connectivity index (χ3v) is 3.31. The molecule has 0 atom stereocenters. The van der Waals surface area contributed by atoms with Gasteiger partial charge in [-0.05, 0) is 25.1 Å². The predicted octanol–water partition coefficient (Wildman–Crippen LogP) is 1.97. The van der Waals surface area contributed by atoms with Crippen LogP contribution in [-0.4, -0.2) is 21.6 Å². The minimum Gasteiger partial charge on any atom is -0.384 e. The van der Waals surface area contributed by atoms with E-state index in [-0.39, 0.29) is 11.7 Å². The van der Waals surface area contributed by atoms with Gasteiger partial charge in [0.25, 0.3) is 0 Å². The summed E-state index contributed by atoms with van der Waals surface area (Å²) in [6.45, 7) is 1.82. The summed E-state index contributed by atoms with van der Waals surface area (Å²) in [5.74, 6) is 0.352. The van der Waals surface area contributed by atoms with E-state index in [1.165, 1.54) is 11.8 Å². The smallest absolute Gasteiger partial charge is 0.234 e. The molecule has 0 fully saturated rings. The Hall–Kier alpha value is -2.59. The lowest BCUT2D eigenvalue weighted by Crippen LogP contribution is -2.14. The number of amides is 1. The molecule has 1 heterocycles. The fraction of sp³-hybridized carbons (Fsp3) is 0.143. The number of hydrogen-bond donors (Lipinski definition) is 2. The van der Waals surface area contributed by atoms with Crippen LogP contribution in [0.2, 0.25) is 0 Å². The van der Waals surface area contributed by atoms with Crippen LogP contribution in [0.5, 0.6) is 0 Å². The first-order valence-corrected chi connectivity index (χ1v) is 7.09. The number of carbonyl (C=O) groups excluding carboxylic acids is 1. The molecule has 0 radical (unpaired) electrons. The normalized spacial score (nSPS) is 9.90. The van der Waals surface area contributed by atoms with Crippen molar-refractivity contribution in [2.45, 2.75) is 12.1 Å². The monoisotopic (exact) mass is 299 g/mol. The SMILES string of the molecule is Cc1cc(N)nc(SCC(=O)Nc2cccc(C#N)c2)n1. The lowest BCUT2D eigenvalue weighted by molar-refractivity contribution is -0.113. The maximum atomic E-state index is 11.9. The number of rotatable bonds is 4. The summed E-state index contributed by atoms with van der Waals surface area (Å²) < 4.78 is 0. The maximum absolute atomic E-state index is 11.9. The molecule has 0 aliphatic rings. The second-order valence-corrected chi connectivity index (χ2v) is 5.19. The van der Waals surface area contributed by atoms with Crippen molar-refractivity contribution in [1.29, 1.82) is 5.26 Å². The number of anilines is 2. The van der Waals surface area contributed by atoms with Crippen molar-refractivity contribution in [3.8, 4) is 6.07 Å². The fourth-order valence-electron chi connectivity index (χ4n) is 1.62. The fourth-order valence-corrected chi connectivity index (χ4v) is 2.33. The summed E-state index contributed by atoms with van der Waals surface area (Å²) in [6.07, 6.45) is 0. The van der Waals surface area contributed by atoms with Crippen LogP contribution in [0.25, 0.3) is 0 Å². The van der Waals surface area contributed by atoms with Crippen molar-refractivity contribution in [3.05, 3.63) is 41.6 Å². The lowest BCUT2D eigenvalue weighted by Gasteiger charge is -2.05. The topological polar surface area (TPSA) is 105 Å². The predicted molar refractivity (Wildman–Crippen MR) is 81.7 cm³/mol. The quantitative estimate of drug-likeness (QED) is 0.660. The first kappa shape index (κ1) is 14.8. The molecule has 0 saturated heterocycles. The second kappa shape index (κ2) is 6.72. The molecule has 106 valence electrons. The van der Waals surface area contributed by atoms with Gasteiger partial charge in [0.05, 0.1) is 17.4 Å². The van der Waals surface area contributed by atoms with Crippen molar-refractivity contribution in [1.82, 2.24) is 9.97 Å². The van der Waals surface area contributed by atoms with Crippen molar-refractivity contribution >= 4 is 29.2 Å². The number of aryl methyl sites for hydroxylation is 1. The van der Waals surface area contributed by atoms with E-state index in [0.717, 1.165) is 5.69 Å². The summed E-state index contributed by atoms with van der Waals surface area (Å²) in [5.41, 5.74) is 7.47. The number of nitriles is 1. The maximum Gasteiger partial charge on any atom is 0.234 e. The van der Waals surface area contributed by atoms with Crippen molar-refractivity contribution in [2.24, 2.45) is 0 Å². The van der Waals surface area contributed by atoms with Gasteiger partial charge in [0.15, 0.2) is 5.16 Å². The van der Waals surface area contributed by atoms with E-state index in [4.69, 9.17) is 11.0 Å². The number of nitrogens with zero attached hydrogens (tertiary/aromatic N) is 3. The Morgan fingerprint density at radius 3 is 2.95 bits per heavy atom. The molecule has 1 aromatic carbocycles. The zero-order chi connectivity index (χ0) is 15.2. The van der Waals surface area contributed by atoms with Crippen LogP contribution < -0.4 is 11.1 Å². The van der Waals surface area contributed by atoms with Crippen LogP contribution in [0.15, 0.2) is 35.5 Å². The number of nitrogens with one attached hydrogen (secondary N) is 1. The lowest BCUT2D eigenvalue weighted by atomic mass is 10.2. The number of carbonyl (C=O) groups is 1. The highest BCUT2D eigenvalue weighted by Gasteiger charge is 2.07. The Morgan fingerprint density at radius 1 is 1.43 bits per heavy atom. The zero-order valence-corrected chi connectivity index (χ0v) is 12.1. The van der Waals surface area contributed by atoms with Gasteiger partial charge in [-0.2, -0.15) is 5.26 Å². The summed E-state index contributed by atoms with van der Waals surface area (Å²) in [5, 5.41) is 12.0. The summed E-state index contributed by atoms with van der Waals surface area (Å²) in [7, 11) is 0. The molecule has 2 aromatic rings. The molecule has 21 heavy (non-hydrogen) atoms. The Balaban J connectivity index is 1.94. The van der Waals surface area contributed by atoms with Crippen LogP contribution in [0, 0.1) is 18.3 Å². The molecule has 0 aliphatic heterocycles. The van der Waals surface area contributed by atoms with Crippen molar-refractivity contribution in [3.63, 3.8) is 0 Å². The first-order valence-electron chi connectivity index (χ1n) is 6.11. The molecule has 0 aliphatic carbocycles. The molecule has 2 rings (SSSR count). The van der Waals surface area contributed by atoms with Gasteiger partial charge in [-0.1, -0.05) is 17.8 Å². The van der Waals surface area contributed by atoms with E-state index < -0.39 is 0 Å². The number of benzene rings is 1. The Morgan fingerprint density at radius 2 is 2.24 bits per heavy atom. The van der Waals surface area contributed by atoms with Crippen LogP contribution in [-0.2, 0) is 4.79 Å². The second-order valence-electron chi connectivity index (χ2n) is 4.25. The van der Waals surface area contributed by atoms with E-state index in [1.807, 2.05) is 13.0 Å². The van der Waals surface area contributed by atoms with Crippen LogP contribution in [0.1, 0.15) is 11.3 Å². The van der Waals surface area contributed by atoms with Gasteiger partial charge in [0.2, 0.25) is 5.91 Å². The third-order valence-electron chi connectivity index (χ3n) is 2.46. The van der Waals surface area contributed by atoms with E-state index in [1.54, 1.807) is 30.3 Å². The van der Waals surface area contributed by atoms with E-state index >= 15 is 0 Å². The standard InChI is InChI=1S/C14H13N5OS/c1-9-5-12(16)19-14(17-9)21-8-13(20)18-11-4-2-3-10(6-11)7-15/h2-6H,8H2,1H3,(H,18,20)(H2,16,17,19). The molecule has 1 amide bonds. The van der Waals surface area contributed by atoms with Gasteiger partial charge >= 0.3 is 0 Å². The highest BCUT2D eigenvalue weighted by molar-refractivity contribution is 7.99. The number of aromatic nitrogens is 2. The largest absolute Gasteiger partial charge is 0.384 e. The summed E-state index contributed by atoms with van der Waals surface area (Å²) >= 11 is 1.21. The Kier molecular flexibility index (Phi) is 4.74. The highest BCUT2D eigenvalue weighted by Crippen LogP contribution is 2.16. The molecular formula is C14H13N5OS. The minimum atomic E-state index is -0.196. The van der Waals surface area contributed by atoms with E-state index in [0.29, 0.717) is 22.2 Å². The molecule has 6 nitrogen and oxygen atoms in total. The van der Waals surface area contributed by atoms with Crippen molar-refractivity contribution in [2.75, 3.05) is 16.8 Å². The van der Waals surface area contributed by atoms with Gasteiger partial charge < -0.3 is 11.1 Å². The van der Waals surface area contributed by atoms with Crippen molar-refractivity contribution < 1.29 is 4.79 Å². The third kappa shape index (κ3) is 4.47. The Labute approximate surface area is 126 Å². The van der Waals surface area contributed by atoms with Gasteiger partial charge in [-0.3, -0.25) is 4.79 Å². The Bertz CT molecular complexity index is 691. The zero-order valence-electron chi connectivity index (χ0n) is 11.3. The average molecular weight is 299 g/mol. The molecule has 7 heteroatoms. The van der Waals surface area contributed by atoms with E-state index in [2.05, 4.69) is 15.3 Å². The molecule has 0 bridgehead atoms.